The number of aromatic nitrogens is 3. The van der Waals surface area contributed by atoms with Crippen molar-refractivity contribution < 1.29 is 0 Å². The number of nitrogens with one attached hydrogen (secondary N) is 2. The molecule has 1 unspecified atom stereocenters. The summed E-state index contributed by atoms with van der Waals surface area (Å²) in [5, 5.41) is 15.3. The number of hydrogen-bond donors (Lipinski definition) is 2. The van der Waals surface area contributed by atoms with Crippen molar-refractivity contribution in [3.8, 4) is 0 Å². The second-order valence-corrected chi connectivity index (χ2v) is 6.98. The van der Waals surface area contributed by atoms with Crippen molar-refractivity contribution in [2.75, 3.05) is 13.1 Å². The first-order valence-electron chi connectivity index (χ1n) is 10.1. The number of hydrogen-bond acceptors (Lipinski definition) is 3. The van der Waals surface area contributed by atoms with Crippen LogP contribution in [-0.2, 0) is 12.8 Å². The lowest BCUT2D eigenvalue weighted by Gasteiger charge is -2.18. The highest BCUT2D eigenvalue weighted by Gasteiger charge is 2.07. The van der Waals surface area contributed by atoms with Crippen LogP contribution < -0.4 is 10.6 Å². The Morgan fingerprint density at radius 1 is 1.07 bits per heavy atom. The van der Waals surface area contributed by atoms with Crippen LogP contribution in [0, 0.1) is 0 Å². The van der Waals surface area contributed by atoms with E-state index in [1.54, 1.807) is 0 Å². The number of aryl methyl sites for hydroxylation is 2. The van der Waals surface area contributed by atoms with Crippen molar-refractivity contribution >= 4 is 35.6 Å². The van der Waals surface area contributed by atoms with Crippen LogP contribution in [0.5, 0.6) is 0 Å². The third kappa shape index (κ3) is 7.30. The Kier molecular flexibility index (Phi) is 9.90. The number of halogens is 1. The number of nitrogens with zero attached hydrogens (tertiary/aromatic N) is 4. The van der Waals surface area contributed by atoms with Gasteiger partial charge in [0.25, 0.3) is 0 Å². The van der Waals surface area contributed by atoms with Crippen LogP contribution in [0.25, 0.3) is 5.65 Å². The van der Waals surface area contributed by atoms with Crippen LogP contribution in [0.3, 0.4) is 0 Å². The van der Waals surface area contributed by atoms with Gasteiger partial charge in [0.15, 0.2) is 11.6 Å². The molecule has 0 saturated heterocycles. The van der Waals surface area contributed by atoms with Crippen LogP contribution >= 0.6 is 24.0 Å². The predicted molar refractivity (Wildman–Crippen MR) is 130 cm³/mol. The summed E-state index contributed by atoms with van der Waals surface area (Å²) in [6.45, 7) is 5.90. The first kappa shape index (κ1) is 23.1. The van der Waals surface area contributed by atoms with Crippen molar-refractivity contribution in [2.24, 2.45) is 4.99 Å². The maximum atomic E-state index is 4.72. The van der Waals surface area contributed by atoms with Gasteiger partial charge in [0.2, 0.25) is 0 Å². The number of pyridine rings is 1. The molecule has 0 amide bonds. The van der Waals surface area contributed by atoms with Gasteiger partial charge in [-0.05, 0) is 50.8 Å². The fourth-order valence-corrected chi connectivity index (χ4v) is 3.14. The molecule has 0 aliphatic carbocycles. The summed E-state index contributed by atoms with van der Waals surface area (Å²) in [6, 6.07) is 16.9. The van der Waals surface area contributed by atoms with Gasteiger partial charge < -0.3 is 10.6 Å². The Labute approximate surface area is 190 Å². The molecule has 2 aromatic heterocycles. The lowest BCUT2D eigenvalue weighted by Crippen LogP contribution is -2.42. The highest BCUT2D eigenvalue weighted by atomic mass is 127. The SMILES string of the molecule is CCNC(=NCCCc1nnc2ccccn12)NC(C)CCc1ccccc1.I. The average Bonchev–Trinajstić information content (AvgIpc) is 3.14. The number of benzene rings is 1. The predicted octanol–water partition coefficient (Wildman–Crippen LogP) is 3.86. The minimum Gasteiger partial charge on any atom is -0.357 e. The summed E-state index contributed by atoms with van der Waals surface area (Å²) in [5.74, 6) is 1.87. The zero-order valence-electron chi connectivity index (χ0n) is 17.2. The molecule has 3 aromatic rings. The van der Waals surface area contributed by atoms with Gasteiger partial charge in [-0.15, -0.1) is 34.2 Å². The Balaban J connectivity index is 0.00000300. The maximum Gasteiger partial charge on any atom is 0.191 e. The largest absolute Gasteiger partial charge is 0.357 e. The molecule has 7 heteroatoms. The topological polar surface area (TPSA) is 66.6 Å². The van der Waals surface area contributed by atoms with E-state index in [0.717, 1.165) is 56.2 Å². The van der Waals surface area contributed by atoms with Crippen molar-refractivity contribution in [2.45, 2.75) is 45.6 Å². The maximum absolute atomic E-state index is 4.72. The zero-order chi connectivity index (χ0) is 19.6. The van der Waals surface area contributed by atoms with E-state index in [1.807, 2.05) is 28.8 Å². The molecule has 2 heterocycles. The van der Waals surface area contributed by atoms with Gasteiger partial charge in [-0.2, -0.15) is 0 Å². The second kappa shape index (κ2) is 12.4. The van der Waals surface area contributed by atoms with Crippen molar-refractivity contribution in [3.63, 3.8) is 0 Å². The molecule has 0 fully saturated rings. The number of guanidine groups is 1. The third-order valence-electron chi connectivity index (χ3n) is 4.65. The van der Waals surface area contributed by atoms with Gasteiger partial charge in [-0.1, -0.05) is 36.4 Å². The van der Waals surface area contributed by atoms with Gasteiger partial charge in [0.1, 0.15) is 5.82 Å². The molecular formula is C22H31IN6. The molecule has 0 aliphatic heterocycles. The minimum atomic E-state index is 0. The van der Waals surface area contributed by atoms with E-state index in [9.17, 15) is 0 Å². The van der Waals surface area contributed by atoms with Crippen molar-refractivity contribution in [1.82, 2.24) is 25.2 Å². The molecule has 0 aliphatic rings. The highest BCUT2D eigenvalue weighted by Crippen LogP contribution is 2.06. The van der Waals surface area contributed by atoms with Gasteiger partial charge in [0.05, 0.1) is 0 Å². The standard InChI is InChI=1S/C22H30N6.HI/c1-3-23-22(25-18(2)14-15-19-10-5-4-6-11-19)24-16-9-13-21-27-26-20-12-7-8-17-28(20)21;/h4-8,10-12,17-18H,3,9,13-16H2,1-2H3,(H2,23,24,25);1H. The monoisotopic (exact) mass is 506 g/mol. The quantitative estimate of drug-likeness (QED) is 0.200. The first-order valence-corrected chi connectivity index (χ1v) is 10.1. The summed E-state index contributed by atoms with van der Waals surface area (Å²) in [7, 11) is 0. The Morgan fingerprint density at radius 3 is 2.66 bits per heavy atom. The van der Waals surface area contributed by atoms with Crippen LogP contribution in [0.1, 0.15) is 38.1 Å². The number of fused-ring (bicyclic) bond motifs is 1. The normalized spacial score (nSPS) is 12.4. The van der Waals surface area contributed by atoms with Crippen molar-refractivity contribution in [3.05, 3.63) is 66.1 Å². The highest BCUT2D eigenvalue weighted by molar-refractivity contribution is 14.0. The van der Waals surface area contributed by atoms with E-state index in [2.05, 4.69) is 65.0 Å². The number of aliphatic imine (C=N–C) groups is 1. The minimum absolute atomic E-state index is 0. The lowest BCUT2D eigenvalue weighted by atomic mass is 10.1. The molecular weight excluding hydrogens is 475 g/mol. The Hall–Kier alpha value is -2.16. The van der Waals surface area contributed by atoms with Gasteiger partial charge in [-0.25, -0.2) is 0 Å². The molecule has 3 rings (SSSR count). The van der Waals surface area contributed by atoms with Gasteiger partial charge in [0, 0.05) is 31.7 Å². The molecule has 2 N–H and O–H groups in total. The summed E-state index contributed by atoms with van der Waals surface area (Å²) in [5.41, 5.74) is 2.27. The van der Waals surface area contributed by atoms with E-state index >= 15 is 0 Å². The van der Waals surface area contributed by atoms with E-state index in [4.69, 9.17) is 4.99 Å². The number of rotatable bonds is 9. The molecule has 0 spiro atoms. The molecule has 0 radical (unpaired) electrons. The molecule has 6 nitrogen and oxygen atoms in total. The van der Waals surface area contributed by atoms with Crippen LogP contribution in [0.4, 0.5) is 0 Å². The van der Waals surface area contributed by atoms with E-state index in [1.165, 1.54) is 5.56 Å². The van der Waals surface area contributed by atoms with E-state index < -0.39 is 0 Å². The summed E-state index contributed by atoms with van der Waals surface area (Å²) < 4.78 is 2.04. The molecule has 156 valence electrons. The van der Waals surface area contributed by atoms with Gasteiger partial charge >= 0.3 is 0 Å². The smallest absolute Gasteiger partial charge is 0.191 e. The Bertz CT molecular complexity index is 877. The Morgan fingerprint density at radius 2 is 1.86 bits per heavy atom. The molecule has 29 heavy (non-hydrogen) atoms. The molecule has 1 aromatic carbocycles. The summed E-state index contributed by atoms with van der Waals surface area (Å²) in [6.07, 6.45) is 5.94. The summed E-state index contributed by atoms with van der Waals surface area (Å²) in [4.78, 5) is 4.72. The molecule has 0 bridgehead atoms. The van der Waals surface area contributed by atoms with Crippen LogP contribution in [0.15, 0.2) is 59.7 Å². The molecule has 1 atom stereocenters. The van der Waals surface area contributed by atoms with Gasteiger partial charge in [-0.3, -0.25) is 9.39 Å². The fraction of sp³-hybridized carbons (Fsp3) is 0.409. The summed E-state index contributed by atoms with van der Waals surface area (Å²) >= 11 is 0. The first-order chi connectivity index (χ1) is 13.8. The van der Waals surface area contributed by atoms with E-state index in [-0.39, 0.29) is 24.0 Å². The van der Waals surface area contributed by atoms with Crippen LogP contribution in [0.2, 0.25) is 0 Å². The lowest BCUT2D eigenvalue weighted by molar-refractivity contribution is 0.592. The third-order valence-corrected chi connectivity index (χ3v) is 4.65. The van der Waals surface area contributed by atoms with Crippen molar-refractivity contribution in [1.29, 1.82) is 0 Å². The fourth-order valence-electron chi connectivity index (χ4n) is 3.14. The van der Waals surface area contributed by atoms with Crippen LogP contribution in [-0.4, -0.2) is 39.7 Å². The zero-order valence-corrected chi connectivity index (χ0v) is 19.5. The second-order valence-electron chi connectivity index (χ2n) is 6.98. The average molecular weight is 506 g/mol. The van der Waals surface area contributed by atoms with E-state index in [0.29, 0.717) is 6.04 Å². The molecule has 0 saturated carbocycles.